The Bertz CT molecular complexity index is 4430. The fraction of sp³-hybridized carbons (Fsp3) is 0.368. The van der Waals surface area contributed by atoms with Crippen LogP contribution in [0.1, 0.15) is 141 Å². The molecule has 0 aliphatic heterocycles. The van der Waals surface area contributed by atoms with Gasteiger partial charge >= 0.3 is 11.9 Å². The Kier molecular flexibility index (Phi) is 67.0. The van der Waals surface area contributed by atoms with Crippen LogP contribution in [0.15, 0.2) is 153 Å². The van der Waals surface area contributed by atoms with Gasteiger partial charge in [-0.1, -0.05) is 69.3 Å². The Labute approximate surface area is 726 Å². The number of rotatable bonds is 18. The quantitative estimate of drug-likeness (QED) is 0.00366. The summed E-state index contributed by atoms with van der Waals surface area (Å²) < 4.78 is 61.5. The molecule has 0 spiro atoms. The van der Waals surface area contributed by atoms with Gasteiger partial charge in [-0.05, 0) is 187 Å². The number of aliphatic hydroxyl groups is 1. The summed E-state index contributed by atoms with van der Waals surface area (Å²) in [5.41, 5.74) is 40.2. The van der Waals surface area contributed by atoms with Crippen LogP contribution in [0.5, 0.6) is 0 Å². The number of pyridine rings is 5. The van der Waals surface area contributed by atoms with Gasteiger partial charge in [0.1, 0.15) is 77.5 Å². The molecule has 2 fully saturated rings. The number of carbonyl (C=O) groups excluding carboxylic acids is 5. The van der Waals surface area contributed by atoms with Gasteiger partial charge in [-0.25, -0.2) is 59.4 Å². The standard InChI is InChI=1S/C12H18N6O.C12H14O4S.C10H13N5.C7H7BrFN.C7H8N2O2.C6H8N4O.C6H6N2O2.C5H8O.C4H11NO.C3H9N.C2H3N.CH4O.CH4.Cl2OS.H4N2/c1-17(2)8-13-11-7-5-6-10(15-11)12(19)16-14-9-18(3)4;1-9-2-6-11(7-3-9)17(14,15)16-8-12(13)10-4-5-10;1-7(2)15-6-12-14-10(15)8-4-3-5-9(11)13-8;1-4-2-6(9)5(8)3-7(4)10;1-11-7(10)5-3-2-4-6(8)9-5;7-5-3-1-2-4(9-5)6(11)10-8;7-5-3-1-2-4(8-5)6(9)10;1-4(6)5-2-3-5;1-4(5-2)6-3;1-3(2)4;1-2-3;1-2;;1-4(2)3;1-2/h5-9H,1-4H3,(H,16,19);2-3,6-7,10H,4-5,8H2,1H3;3-7H,1-2H3,(H2,11,13);2-3H,10H2,1H3;2-4H,1H3,(H2,8,9);1-3H,8H2,(H2,7,9)(H,10,11);1-3H,(H2,7,8)(H,9,10);5H,2-3H2,1H3;4-5H,1-3H3;3H,4H2,1-2H3;1H3;2H,1H3;1H4;;1-2H2/b13-8?,14-9+;;;;;;;;;;;;;;. The van der Waals surface area contributed by atoms with Crippen molar-refractivity contribution in [2.75, 3.05) is 91.8 Å². The molecule has 1 unspecified atom stereocenters. The van der Waals surface area contributed by atoms with Crippen LogP contribution in [0.2, 0.25) is 0 Å². The highest BCUT2D eigenvalue weighted by molar-refractivity contribution is 9.10. The number of nitriles is 1. The summed E-state index contributed by atoms with van der Waals surface area (Å²) in [4.78, 5) is 92.2. The molecule has 45 heteroatoms. The Morgan fingerprint density at radius 2 is 1.17 bits per heavy atom. The molecule has 23 N–H and O–H groups in total. The highest BCUT2D eigenvalue weighted by Gasteiger charge is 2.31. The SMILES string of the molecule is C.CC#N.CC(=O)C1CC1.CC(C)N.CC(C)n1cnnc1-c1cccc(N)n1.CN(C)C=Nc1cccc(C(=O)N/N=C/N(C)C)n1.CNC(C)OC.CO.COC(=O)c1cccc(N)n1.Cc1cc(F)c(Br)cc1N.Cc1ccc(S(=O)(=O)OCC(=O)C2CC2)cc1.NN.NNC(=O)c1cccc(N)n1.Nc1cccc(C(=O)O)n1.O=S(Cl)Cl. The Morgan fingerprint density at radius 3 is 1.55 bits per heavy atom. The molecule has 10 rings (SSSR count). The summed E-state index contributed by atoms with van der Waals surface area (Å²) in [5.74, 6) is 13.5. The van der Waals surface area contributed by atoms with Gasteiger partial charge in [0.05, 0.1) is 28.9 Å². The molecule has 2 amide bonds. The molecule has 6 heterocycles. The molecule has 2 aromatic carbocycles. The number of carbonyl (C=O) groups is 6. The molecular weight excluding hydrogens is 1720 g/mol. The number of carboxylic acid groups (broad SMARTS) is 1. The number of hydrazone groups is 1. The summed E-state index contributed by atoms with van der Waals surface area (Å²) in [6.07, 6.45) is 9.00. The van der Waals surface area contributed by atoms with E-state index in [0.29, 0.717) is 57.2 Å². The van der Waals surface area contributed by atoms with Crippen LogP contribution < -0.4 is 68.1 Å². The Morgan fingerprint density at radius 1 is 0.736 bits per heavy atom. The number of halogens is 4. The largest absolute Gasteiger partial charge is 0.477 e. The van der Waals surface area contributed by atoms with E-state index in [1.807, 2.05) is 85.1 Å². The highest BCUT2D eigenvalue weighted by atomic mass is 79.9. The number of nitrogens with two attached hydrogens (primary N) is 9. The number of Topliss-reactive ketones (excluding diaryl/α,β-unsaturated/α-hetero) is 2. The number of anilines is 5. The first kappa shape index (κ1) is 118. The predicted molar refractivity (Wildman–Crippen MR) is 478 cm³/mol. The van der Waals surface area contributed by atoms with Gasteiger partial charge in [0.25, 0.3) is 21.9 Å². The lowest BCUT2D eigenvalue weighted by molar-refractivity contribution is -0.122. The molecule has 2 aliphatic carbocycles. The lowest BCUT2D eigenvalue weighted by atomic mass is 10.2. The molecule has 0 radical (unpaired) electrons. The minimum Gasteiger partial charge on any atom is -0.477 e. The molecule has 39 nitrogen and oxygen atoms in total. The molecule has 121 heavy (non-hydrogen) atoms. The number of amides is 2. The maximum Gasteiger partial charge on any atom is 0.356 e. The number of ketones is 2. The normalized spacial score (nSPS) is 11.0. The average Bonchev–Trinajstić information content (AvgIpc) is 1.72. The van der Waals surface area contributed by atoms with Crippen LogP contribution in [0.25, 0.3) is 11.5 Å². The molecule has 0 saturated heterocycles. The van der Waals surface area contributed by atoms with Crippen molar-refractivity contribution in [1.82, 2.24) is 65.7 Å². The number of hydrogen-bond acceptors (Lipinski definition) is 33. The van der Waals surface area contributed by atoms with E-state index in [9.17, 15) is 41.6 Å². The third-order valence-electron chi connectivity index (χ3n) is 13.2. The lowest BCUT2D eigenvalue weighted by Gasteiger charge is -2.09. The van der Waals surface area contributed by atoms with Crippen LogP contribution >= 0.6 is 37.3 Å². The Hall–Kier alpha value is -11.3. The molecule has 6 aromatic heterocycles. The van der Waals surface area contributed by atoms with Crippen molar-refractivity contribution in [2.45, 2.75) is 119 Å². The van der Waals surface area contributed by atoms with E-state index < -0.39 is 37.2 Å². The third kappa shape index (κ3) is 60.0. The first-order valence-corrected chi connectivity index (χ1v) is 40.2. The smallest absolute Gasteiger partial charge is 0.356 e. The summed E-state index contributed by atoms with van der Waals surface area (Å²) in [5, 5.41) is 37.3. The molecular formula is C76H117BrCl2FN25O14S2. The number of aromatic nitrogens is 8. The van der Waals surface area contributed by atoms with Crippen LogP contribution in [-0.2, 0) is 42.6 Å². The van der Waals surface area contributed by atoms with E-state index in [1.165, 1.54) is 56.8 Å². The fourth-order valence-corrected chi connectivity index (χ4v) is 8.27. The number of esters is 1. The van der Waals surface area contributed by atoms with Crippen LogP contribution in [0.3, 0.4) is 0 Å². The number of aliphatic imine (C=N–C) groups is 1. The second-order valence-electron chi connectivity index (χ2n) is 24.6. The number of ether oxygens (including phenoxy) is 2. The summed E-state index contributed by atoms with van der Waals surface area (Å²) in [7, 11) is 16.7. The van der Waals surface area contributed by atoms with E-state index >= 15 is 0 Å². The minimum absolute atomic E-state index is 0. The molecule has 2 aliphatic rings. The van der Waals surface area contributed by atoms with Gasteiger partial charge in [-0.2, -0.15) is 18.8 Å². The van der Waals surface area contributed by atoms with Gasteiger partial charge in [0.15, 0.2) is 28.8 Å². The van der Waals surface area contributed by atoms with E-state index in [4.69, 9.17) is 68.8 Å². The van der Waals surface area contributed by atoms with Gasteiger partial charge in [0, 0.05) is 94.3 Å². The van der Waals surface area contributed by atoms with Gasteiger partial charge in [0.2, 0.25) is 9.23 Å². The van der Waals surface area contributed by atoms with Gasteiger partial charge in [-0.15, -0.1) is 10.2 Å². The van der Waals surface area contributed by atoms with Crippen molar-refractivity contribution in [3.63, 3.8) is 0 Å². The number of hydrogen-bond donors (Lipinski definition) is 14. The molecule has 2 saturated carbocycles. The van der Waals surface area contributed by atoms with Crippen molar-refractivity contribution in [3.05, 3.63) is 178 Å². The summed E-state index contributed by atoms with van der Waals surface area (Å²) in [6.45, 7) is 16.4. The Balaban J connectivity index is -0.000000414. The monoisotopic (exact) mass is 1840 g/mol. The minimum atomic E-state index is -3.80. The van der Waals surface area contributed by atoms with E-state index in [0.717, 1.165) is 55.4 Å². The predicted octanol–water partition coefficient (Wildman–Crippen LogP) is 8.45. The number of nitrogens with one attached hydrogen (secondary N) is 3. The summed E-state index contributed by atoms with van der Waals surface area (Å²) in [6, 6.07) is 36.2. The van der Waals surface area contributed by atoms with E-state index in [2.05, 4.69) is 124 Å². The number of nitrogen functional groups attached to an aromatic ring is 6. The van der Waals surface area contributed by atoms with E-state index in [-0.39, 0.29) is 77.2 Å². The number of nitrogens with zero attached hydrogens (tertiary/aromatic N) is 13. The fourth-order valence-electron chi connectivity index (χ4n) is 7.03. The zero-order valence-corrected chi connectivity index (χ0v) is 74.6. The zero-order chi connectivity index (χ0) is 92.8. The van der Waals surface area contributed by atoms with E-state index in [1.54, 1.807) is 128 Å². The molecule has 0 bridgehead atoms. The first-order chi connectivity index (χ1) is 56.4. The van der Waals surface area contributed by atoms with Crippen molar-refractivity contribution in [1.29, 1.82) is 5.26 Å². The maximum absolute atomic E-state index is 12.7. The number of aliphatic hydroxyl groups excluding tert-OH is 1. The zero-order valence-electron chi connectivity index (χ0n) is 69.9. The average molecular weight is 1840 g/mol. The van der Waals surface area contributed by atoms with Crippen molar-refractivity contribution in [3.8, 4) is 17.6 Å². The second-order valence-corrected chi connectivity index (χ2v) is 29.5. The first-order valence-electron chi connectivity index (χ1n) is 35.2. The number of hydrazine groups is 2. The topological polar surface area (TPSA) is 642 Å². The van der Waals surface area contributed by atoms with Gasteiger partial charge < -0.3 is 68.5 Å². The lowest BCUT2D eigenvalue weighted by Crippen LogP contribution is -2.30. The van der Waals surface area contributed by atoms with Crippen molar-refractivity contribution < 1.29 is 69.7 Å². The van der Waals surface area contributed by atoms with Crippen molar-refractivity contribution >= 4 is 139 Å². The number of aromatic carboxylic acids is 1. The number of methoxy groups -OCH3 is 2. The van der Waals surface area contributed by atoms with Crippen LogP contribution in [0, 0.1) is 42.8 Å². The number of aryl methyl sites for hydroxylation is 2. The van der Waals surface area contributed by atoms with Crippen LogP contribution in [-0.4, -0.2) is 196 Å². The number of carboxylic acids is 1. The maximum atomic E-state index is 12.7. The van der Waals surface area contributed by atoms with Crippen LogP contribution in [0.4, 0.5) is 39.2 Å². The number of benzene rings is 2. The summed E-state index contributed by atoms with van der Waals surface area (Å²) >= 11 is 3.03. The second kappa shape index (κ2) is 68.5. The molecule has 670 valence electrons. The molecule has 1 atom stereocenters. The van der Waals surface area contributed by atoms with Crippen molar-refractivity contribution in [2.24, 2.45) is 45.2 Å². The van der Waals surface area contributed by atoms with Gasteiger partial charge in [-0.3, -0.25) is 45.8 Å². The molecule has 8 aromatic rings. The third-order valence-corrected chi connectivity index (χ3v) is 15.1. The highest BCUT2D eigenvalue weighted by Crippen LogP contribution is 2.31.